The summed E-state index contributed by atoms with van der Waals surface area (Å²) in [5.74, 6) is -0.165. The highest BCUT2D eigenvalue weighted by atomic mass is 16.5. The Balaban J connectivity index is 1.57. The summed E-state index contributed by atoms with van der Waals surface area (Å²) in [6, 6.07) is 4.23. The van der Waals surface area contributed by atoms with Crippen molar-refractivity contribution in [2.75, 3.05) is 5.32 Å². The lowest BCUT2D eigenvalue weighted by atomic mass is 10.2. The molecular formula is C19H23N3O4. The Morgan fingerprint density at radius 3 is 2.69 bits per heavy atom. The Kier molecular flexibility index (Phi) is 4.97. The quantitative estimate of drug-likeness (QED) is 0.633. The number of ether oxygens (including phenoxy) is 1. The first-order valence-electron chi connectivity index (χ1n) is 8.66. The summed E-state index contributed by atoms with van der Waals surface area (Å²) in [7, 11) is 0. The fourth-order valence-electron chi connectivity index (χ4n) is 2.94. The Bertz CT molecular complexity index is 858. The maximum Gasteiger partial charge on any atom is 0.331 e. The van der Waals surface area contributed by atoms with Crippen LogP contribution in [0.1, 0.15) is 48.5 Å². The average molecular weight is 357 g/mol. The van der Waals surface area contributed by atoms with Gasteiger partial charge in [0.05, 0.1) is 0 Å². The van der Waals surface area contributed by atoms with Crippen molar-refractivity contribution in [2.24, 2.45) is 0 Å². The van der Waals surface area contributed by atoms with Gasteiger partial charge in [0.15, 0.2) is 11.9 Å². The molecule has 7 nitrogen and oxygen atoms in total. The second-order valence-electron chi connectivity index (χ2n) is 6.65. The summed E-state index contributed by atoms with van der Waals surface area (Å²) in [4.78, 5) is 24.0. The smallest absolute Gasteiger partial charge is 0.331 e. The molecule has 0 saturated heterocycles. The van der Waals surface area contributed by atoms with Crippen LogP contribution in [0, 0.1) is 20.8 Å². The first kappa shape index (κ1) is 18.0. The van der Waals surface area contributed by atoms with Crippen molar-refractivity contribution in [3.63, 3.8) is 0 Å². The summed E-state index contributed by atoms with van der Waals surface area (Å²) in [5, 5.41) is 6.20. The lowest BCUT2D eigenvalue weighted by molar-refractivity contribution is -0.148. The van der Waals surface area contributed by atoms with Gasteiger partial charge in [0.2, 0.25) is 0 Å². The van der Waals surface area contributed by atoms with Crippen molar-refractivity contribution >= 4 is 23.8 Å². The van der Waals surface area contributed by atoms with Crippen molar-refractivity contribution in [3.05, 3.63) is 40.9 Å². The first-order valence-corrected chi connectivity index (χ1v) is 8.66. The minimum absolute atomic E-state index is 0.290. The van der Waals surface area contributed by atoms with E-state index in [1.165, 1.54) is 31.5 Å². The molecule has 138 valence electrons. The minimum atomic E-state index is -0.942. The number of hydrogen-bond donors (Lipinski definition) is 1. The molecule has 1 amide bonds. The number of nitrogens with one attached hydrogen (secondary N) is 1. The molecule has 0 spiro atoms. The fraction of sp³-hybridized carbons (Fsp3) is 0.421. The number of carbonyl (C=O) groups excluding carboxylic acids is 2. The molecule has 1 N–H and O–H groups in total. The number of nitrogens with zero attached hydrogens (tertiary/aromatic N) is 2. The molecule has 0 aliphatic heterocycles. The second-order valence-corrected chi connectivity index (χ2v) is 6.65. The topological polar surface area (TPSA) is 86.4 Å². The highest BCUT2D eigenvalue weighted by Gasteiger charge is 2.26. The van der Waals surface area contributed by atoms with Crippen molar-refractivity contribution < 1.29 is 18.8 Å². The van der Waals surface area contributed by atoms with Gasteiger partial charge in [-0.2, -0.15) is 0 Å². The van der Waals surface area contributed by atoms with Crippen LogP contribution < -0.4 is 5.32 Å². The Morgan fingerprint density at radius 2 is 2.08 bits per heavy atom. The van der Waals surface area contributed by atoms with E-state index in [0.29, 0.717) is 17.6 Å². The van der Waals surface area contributed by atoms with Gasteiger partial charge in [-0.1, -0.05) is 5.16 Å². The van der Waals surface area contributed by atoms with Crippen LogP contribution in [0.4, 0.5) is 5.82 Å². The number of esters is 1. The van der Waals surface area contributed by atoms with Crippen molar-refractivity contribution in [1.29, 1.82) is 0 Å². The van der Waals surface area contributed by atoms with Gasteiger partial charge in [-0.05, 0) is 58.2 Å². The number of amides is 1. The number of anilines is 1. The van der Waals surface area contributed by atoms with Gasteiger partial charge in [-0.15, -0.1) is 0 Å². The molecule has 1 saturated carbocycles. The van der Waals surface area contributed by atoms with E-state index in [1.807, 2.05) is 6.92 Å². The maximum absolute atomic E-state index is 12.0. The van der Waals surface area contributed by atoms with Gasteiger partial charge in [-0.25, -0.2) is 4.79 Å². The van der Waals surface area contributed by atoms with E-state index in [1.54, 1.807) is 19.1 Å². The largest absolute Gasteiger partial charge is 0.449 e. The third-order valence-electron chi connectivity index (χ3n) is 4.38. The average Bonchev–Trinajstić information content (AvgIpc) is 3.26. The van der Waals surface area contributed by atoms with Gasteiger partial charge < -0.3 is 19.1 Å². The Morgan fingerprint density at radius 1 is 1.35 bits per heavy atom. The van der Waals surface area contributed by atoms with Crippen molar-refractivity contribution in [3.8, 4) is 0 Å². The molecule has 0 radical (unpaired) electrons. The normalized spacial score (nSPS) is 15.2. The van der Waals surface area contributed by atoms with E-state index in [9.17, 15) is 9.59 Å². The molecule has 2 aromatic heterocycles. The summed E-state index contributed by atoms with van der Waals surface area (Å²) in [6.45, 7) is 7.34. The van der Waals surface area contributed by atoms with E-state index in [4.69, 9.17) is 9.26 Å². The highest BCUT2D eigenvalue weighted by molar-refractivity contribution is 5.96. The number of aromatic nitrogens is 2. The number of rotatable bonds is 6. The van der Waals surface area contributed by atoms with Crippen LogP contribution in [0.2, 0.25) is 0 Å². The SMILES string of the molecule is Cc1cc(NC(=O)[C@H](C)OC(=O)/C=C/c2cc(C)n(C3CC3)c2C)no1. The van der Waals surface area contributed by atoms with Crippen LogP contribution in [0.25, 0.3) is 6.08 Å². The third-order valence-corrected chi connectivity index (χ3v) is 4.38. The Labute approximate surface area is 152 Å². The van der Waals surface area contributed by atoms with E-state index in [-0.39, 0.29) is 0 Å². The van der Waals surface area contributed by atoms with Crippen LogP contribution in [0.5, 0.6) is 0 Å². The predicted molar refractivity (Wildman–Crippen MR) is 96.6 cm³/mol. The predicted octanol–water partition coefficient (Wildman–Crippen LogP) is 3.32. The summed E-state index contributed by atoms with van der Waals surface area (Å²) in [5.41, 5.74) is 3.32. The maximum atomic E-state index is 12.0. The second kappa shape index (κ2) is 7.19. The van der Waals surface area contributed by atoms with Crippen LogP contribution >= 0.6 is 0 Å². The van der Waals surface area contributed by atoms with Crippen LogP contribution in [0.3, 0.4) is 0 Å². The number of aryl methyl sites for hydroxylation is 2. The molecular weight excluding hydrogens is 334 g/mol. The molecule has 3 rings (SSSR count). The standard InChI is InChI=1S/C19H23N3O4/c1-11-9-15(13(3)22(11)16-6-7-16)5-8-18(23)25-14(4)19(24)20-17-10-12(2)26-21-17/h5,8-10,14,16H,6-7H2,1-4H3,(H,20,21,24)/b8-5+/t14-/m0/s1. The van der Waals surface area contributed by atoms with Gasteiger partial charge in [0.25, 0.3) is 5.91 Å². The van der Waals surface area contributed by atoms with Gasteiger partial charge in [-0.3, -0.25) is 4.79 Å². The molecule has 7 heteroatoms. The van der Waals surface area contributed by atoms with Gasteiger partial charge in [0, 0.05) is 29.6 Å². The molecule has 1 atom stereocenters. The molecule has 1 aliphatic rings. The van der Waals surface area contributed by atoms with Gasteiger partial charge >= 0.3 is 5.97 Å². The zero-order valence-corrected chi connectivity index (χ0v) is 15.4. The van der Waals surface area contributed by atoms with E-state index < -0.39 is 18.0 Å². The molecule has 2 aromatic rings. The van der Waals surface area contributed by atoms with Crippen molar-refractivity contribution in [1.82, 2.24) is 9.72 Å². The zero-order chi connectivity index (χ0) is 18.8. The molecule has 0 aromatic carbocycles. The Hall–Kier alpha value is -2.83. The minimum Gasteiger partial charge on any atom is -0.449 e. The molecule has 1 fully saturated rings. The lowest BCUT2D eigenvalue weighted by Gasteiger charge is -2.10. The third kappa shape index (κ3) is 4.04. The monoisotopic (exact) mass is 357 g/mol. The van der Waals surface area contributed by atoms with Crippen LogP contribution in [-0.4, -0.2) is 27.7 Å². The lowest BCUT2D eigenvalue weighted by Crippen LogP contribution is -2.29. The number of carbonyl (C=O) groups is 2. The van der Waals surface area contributed by atoms with E-state index in [0.717, 1.165) is 11.3 Å². The van der Waals surface area contributed by atoms with E-state index >= 15 is 0 Å². The molecule has 0 bridgehead atoms. The first-order chi connectivity index (χ1) is 12.3. The van der Waals surface area contributed by atoms with Gasteiger partial charge in [0.1, 0.15) is 5.76 Å². The summed E-state index contributed by atoms with van der Waals surface area (Å²) >= 11 is 0. The number of hydrogen-bond acceptors (Lipinski definition) is 5. The molecule has 2 heterocycles. The molecule has 0 unspecified atom stereocenters. The van der Waals surface area contributed by atoms with Crippen LogP contribution in [-0.2, 0) is 14.3 Å². The molecule has 1 aliphatic carbocycles. The van der Waals surface area contributed by atoms with Crippen molar-refractivity contribution in [2.45, 2.75) is 52.7 Å². The summed E-state index contributed by atoms with van der Waals surface area (Å²) in [6.07, 6.45) is 4.56. The van der Waals surface area contributed by atoms with E-state index in [2.05, 4.69) is 28.0 Å². The van der Waals surface area contributed by atoms with Crippen LogP contribution in [0.15, 0.2) is 22.7 Å². The zero-order valence-electron chi connectivity index (χ0n) is 15.4. The molecule has 26 heavy (non-hydrogen) atoms. The summed E-state index contributed by atoms with van der Waals surface area (Å²) < 4.78 is 12.3. The fourth-order valence-corrected chi connectivity index (χ4v) is 2.94. The highest BCUT2D eigenvalue weighted by Crippen LogP contribution is 2.38.